The monoisotopic (exact) mass is 308 g/mol. The molecule has 23 heavy (non-hydrogen) atoms. The van der Waals surface area contributed by atoms with Crippen LogP contribution in [0.3, 0.4) is 0 Å². The predicted molar refractivity (Wildman–Crippen MR) is 87.3 cm³/mol. The standard InChI is InChI=1S/C18H16N2O3/c1-19-17(21)14-5-3-4-6-15(14)18-20-11-16(23-18)12-7-9-13(22-2)10-8-12/h3-11H,1-2H3,(H,19,21). The van der Waals surface area contributed by atoms with Crippen molar-refractivity contribution in [3.8, 4) is 28.5 Å². The van der Waals surface area contributed by atoms with Gasteiger partial charge < -0.3 is 14.5 Å². The first-order valence-electron chi connectivity index (χ1n) is 7.14. The van der Waals surface area contributed by atoms with Crippen molar-refractivity contribution in [2.45, 2.75) is 0 Å². The summed E-state index contributed by atoms with van der Waals surface area (Å²) in [7, 11) is 3.22. The van der Waals surface area contributed by atoms with Crippen molar-refractivity contribution in [3.05, 3.63) is 60.3 Å². The smallest absolute Gasteiger partial charge is 0.251 e. The molecule has 0 fully saturated rings. The zero-order valence-corrected chi connectivity index (χ0v) is 12.9. The van der Waals surface area contributed by atoms with Gasteiger partial charge in [-0.05, 0) is 36.4 Å². The lowest BCUT2D eigenvalue weighted by Crippen LogP contribution is -2.18. The van der Waals surface area contributed by atoms with E-state index in [0.717, 1.165) is 11.3 Å². The number of hydrogen-bond donors (Lipinski definition) is 1. The molecule has 3 rings (SSSR count). The minimum Gasteiger partial charge on any atom is -0.497 e. The predicted octanol–water partition coefficient (Wildman–Crippen LogP) is 3.38. The Bertz CT molecular complexity index is 822. The van der Waals surface area contributed by atoms with Crippen molar-refractivity contribution in [1.82, 2.24) is 10.3 Å². The average molecular weight is 308 g/mol. The summed E-state index contributed by atoms with van der Waals surface area (Å²) >= 11 is 0. The number of aromatic nitrogens is 1. The number of nitrogens with zero attached hydrogens (tertiary/aromatic N) is 1. The molecule has 1 aromatic heterocycles. The molecule has 0 bridgehead atoms. The maximum absolute atomic E-state index is 12.0. The minimum absolute atomic E-state index is 0.176. The Kier molecular flexibility index (Phi) is 4.10. The highest BCUT2D eigenvalue weighted by Gasteiger charge is 2.15. The Balaban J connectivity index is 1.97. The summed E-state index contributed by atoms with van der Waals surface area (Å²) in [5.74, 6) is 1.65. The first-order chi connectivity index (χ1) is 11.2. The molecule has 5 heteroatoms. The summed E-state index contributed by atoms with van der Waals surface area (Å²) < 4.78 is 11.0. The van der Waals surface area contributed by atoms with Gasteiger partial charge >= 0.3 is 0 Å². The lowest BCUT2D eigenvalue weighted by Gasteiger charge is -2.04. The van der Waals surface area contributed by atoms with Crippen molar-refractivity contribution in [2.24, 2.45) is 0 Å². The fourth-order valence-corrected chi connectivity index (χ4v) is 2.29. The molecule has 0 aliphatic heterocycles. The quantitative estimate of drug-likeness (QED) is 0.802. The molecule has 2 aromatic carbocycles. The molecule has 0 aliphatic rings. The molecule has 0 aliphatic carbocycles. The molecular weight excluding hydrogens is 292 g/mol. The Morgan fingerprint density at radius 3 is 2.57 bits per heavy atom. The van der Waals surface area contributed by atoms with Crippen LogP contribution < -0.4 is 10.1 Å². The van der Waals surface area contributed by atoms with Gasteiger partial charge in [0.2, 0.25) is 5.89 Å². The molecule has 1 amide bonds. The van der Waals surface area contributed by atoms with E-state index >= 15 is 0 Å². The van der Waals surface area contributed by atoms with Crippen LogP contribution >= 0.6 is 0 Å². The maximum Gasteiger partial charge on any atom is 0.251 e. The van der Waals surface area contributed by atoms with Gasteiger partial charge in [0, 0.05) is 18.2 Å². The molecule has 0 spiro atoms. The van der Waals surface area contributed by atoms with Crippen LogP contribution in [0, 0.1) is 0 Å². The topological polar surface area (TPSA) is 64.4 Å². The second-order valence-electron chi connectivity index (χ2n) is 4.88. The third-order valence-electron chi connectivity index (χ3n) is 3.51. The zero-order chi connectivity index (χ0) is 16.2. The Morgan fingerprint density at radius 1 is 1.13 bits per heavy atom. The number of ether oxygens (including phenoxy) is 1. The van der Waals surface area contributed by atoms with Crippen molar-refractivity contribution in [1.29, 1.82) is 0 Å². The molecule has 0 atom stereocenters. The van der Waals surface area contributed by atoms with Crippen LogP contribution in [0.2, 0.25) is 0 Å². The largest absolute Gasteiger partial charge is 0.497 e. The van der Waals surface area contributed by atoms with Gasteiger partial charge in [0.1, 0.15) is 5.75 Å². The van der Waals surface area contributed by atoms with E-state index in [9.17, 15) is 4.79 Å². The summed E-state index contributed by atoms with van der Waals surface area (Å²) in [5, 5.41) is 2.62. The summed E-state index contributed by atoms with van der Waals surface area (Å²) in [6.07, 6.45) is 1.65. The number of amides is 1. The van der Waals surface area contributed by atoms with Crippen LogP contribution in [0.25, 0.3) is 22.8 Å². The van der Waals surface area contributed by atoms with Crippen molar-refractivity contribution < 1.29 is 13.9 Å². The second kappa shape index (κ2) is 6.36. The molecule has 0 saturated carbocycles. The van der Waals surface area contributed by atoms with Crippen molar-refractivity contribution in [2.75, 3.05) is 14.2 Å². The molecule has 3 aromatic rings. The summed E-state index contributed by atoms with van der Waals surface area (Å²) in [5.41, 5.74) is 2.08. The van der Waals surface area contributed by atoms with Crippen LogP contribution in [-0.4, -0.2) is 25.0 Å². The van der Waals surface area contributed by atoms with Gasteiger partial charge in [-0.2, -0.15) is 0 Å². The van der Waals surface area contributed by atoms with E-state index in [2.05, 4.69) is 10.3 Å². The summed E-state index contributed by atoms with van der Waals surface area (Å²) in [6, 6.07) is 14.7. The molecular formula is C18H16N2O3. The Labute approximate surface area is 133 Å². The van der Waals surface area contributed by atoms with Gasteiger partial charge in [-0.1, -0.05) is 12.1 Å². The number of carbonyl (C=O) groups excluding carboxylic acids is 1. The summed E-state index contributed by atoms with van der Waals surface area (Å²) in [6.45, 7) is 0. The molecule has 0 saturated heterocycles. The molecule has 5 nitrogen and oxygen atoms in total. The number of oxazole rings is 1. The maximum atomic E-state index is 12.0. The number of nitrogens with one attached hydrogen (secondary N) is 1. The van der Waals surface area contributed by atoms with E-state index in [-0.39, 0.29) is 5.91 Å². The van der Waals surface area contributed by atoms with Gasteiger partial charge in [-0.15, -0.1) is 0 Å². The number of rotatable bonds is 4. The lowest BCUT2D eigenvalue weighted by atomic mass is 10.1. The lowest BCUT2D eigenvalue weighted by molar-refractivity contribution is 0.0963. The first-order valence-corrected chi connectivity index (χ1v) is 7.14. The molecule has 0 radical (unpaired) electrons. The van der Waals surface area contributed by atoms with Gasteiger partial charge in [0.05, 0.1) is 18.9 Å². The SMILES string of the molecule is CNC(=O)c1ccccc1-c1ncc(-c2ccc(OC)cc2)o1. The van der Waals surface area contributed by atoms with E-state index < -0.39 is 0 Å². The van der Waals surface area contributed by atoms with E-state index in [1.165, 1.54) is 0 Å². The van der Waals surface area contributed by atoms with Crippen LogP contribution in [0.5, 0.6) is 5.75 Å². The minimum atomic E-state index is -0.176. The van der Waals surface area contributed by atoms with E-state index in [0.29, 0.717) is 22.8 Å². The Morgan fingerprint density at radius 2 is 1.87 bits per heavy atom. The van der Waals surface area contributed by atoms with Gasteiger partial charge in [-0.25, -0.2) is 4.98 Å². The third-order valence-corrected chi connectivity index (χ3v) is 3.51. The second-order valence-corrected chi connectivity index (χ2v) is 4.88. The molecule has 1 heterocycles. The van der Waals surface area contributed by atoms with Gasteiger partial charge in [0.15, 0.2) is 5.76 Å². The average Bonchev–Trinajstić information content (AvgIpc) is 3.11. The number of hydrogen-bond acceptors (Lipinski definition) is 4. The van der Waals surface area contributed by atoms with E-state index in [1.54, 1.807) is 32.5 Å². The molecule has 1 N–H and O–H groups in total. The fourth-order valence-electron chi connectivity index (χ4n) is 2.29. The number of methoxy groups -OCH3 is 1. The number of benzene rings is 2. The Hall–Kier alpha value is -3.08. The van der Waals surface area contributed by atoms with Crippen molar-refractivity contribution >= 4 is 5.91 Å². The summed E-state index contributed by atoms with van der Waals surface area (Å²) in [4.78, 5) is 16.3. The molecule has 0 unspecified atom stereocenters. The normalized spacial score (nSPS) is 10.3. The number of carbonyl (C=O) groups is 1. The highest BCUT2D eigenvalue weighted by molar-refractivity contribution is 5.99. The van der Waals surface area contributed by atoms with Crippen LogP contribution in [-0.2, 0) is 0 Å². The molecule has 116 valence electrons. The van der Waals surface area contributed by atoms with Crippen molar-refractivity contribution in [3.63, 3.8) is 0 Å². The third kappa shape index (κ3) is 2.94. The van der Waals surface area contributed by atoms with Gasteiger partial charge in [-0.3, -0.25) is 4.79 Å². The van der Waals surface area contributed by atoms with Crippen LogP contribution in [0.4, 0.5) is 0 Å². The van der Waals surface area contributed by atoms with E-state index in [4.69, 9.17) is 9.15 Å². The highest BCUT2D eigenvalue weighted by Crippen LogP contribution is 2.29. The first kappa shape index (κ1) is 14.8. The van der Waals surface area contributed by atoms with Crippen LogP contribution in [0.15, 0.2) is 59.1 Å². The highest BCUT2D eigenvalue weighted by atomic mass is 16.5. The fraction of sp³-hybridized carbons (Fsp3) is 0.111. The van der Waals surface area contributed by atoms with E-state index in [1.807, 2.05) is 36.4 Å². The van der Waals surface area contributed by atoms with Crippen LogP contribution in [0.1, 0.15) is 10.4 Å². The zero-order valence-electron chi connectivity index (χ0n) is 12.9. The van der Waals surface area contributed by atoms with Gasteiger partial charge in [0.25, 0.3) is 5.91 Å².